The van der Waals surface area contributed by atoms with Crippen LogP contribution in [-0.4, -0.2) is 22.9 Å². The van der Waals surface area contributed by atoms with E-state index in [1.165, 1.54) is 0 Å². The quantitative estimate of drug-likeness (QED) is 0.480. The third-order valence-electron chi connectivity index (χ3n) is 0.708. The van der Waals surface area contributed by atoms with E-state index in [1.807, 2.05) is 6.55 Å². The summed E-state index contributed by atoms with van der Waals surface area (Å²) in [5, 5.41) is 0. The highest BCUT2D eigenvalue weighted by molar-refractivity contribution is 6.54. The van der Waals surface area contributed by atoms with Gasteiger partial charge in [0.25, 0.3) is 0 Å². The molecule has 2 nitrogen and oxygen atoms in total. The Hall–Kier alpha value is -0.0662. The molecule has 0 bridgehead atoms. The van der Waals surface area contributed by atoms with E-state index in [4.69, 9.17) is 9.22 Å². The van der Waals surface area contributed by atoms with Gasteiger partial charge >= 0.3 is 0 Å². The van der Waals surface area contributed by atoms with Gasteiger partial charge in [-0.05, 0) is 25.3 Å². The van der Waals surface area contributed by atoms with Crippen molar-refractivity contribution in [2.45, 2.75) is 19.6 Å². The van der Waals surface area contributed by atoms with Crippen LogP contribution in [0.4, 0.5) is 0 Å². The van der Waals surface area contributed by atoms with Gasteiger partial charge in [0.05, 0.1) is 6.26 Å². The molecule has 0 aliphatic rings. The Labute approximate surface area is 59.6 Å². The molecule has 0 fully saturated rings. The first-order valence-corrected chi connectivity index (χ1v) is 8.25. The zero-order valence-electron chi connectivity index (χ0n) is 6.16. The first-order valence-electron chi connectivity index (χ1n) is 3.13. The molecule has 0 saturated heterocycles. The van der Waals surface area contributed by atoms with Crippen molar-refractivity contribution in [3.63, 3.8) is 0 Å². The van der Waals surface area contributed by atoms with Crippen molar-refractivity contribution >= 4 is 18.1 Å². The predicted molar refractivity (Wildman–Crippen MR) is 44.3 cm³/mol. The maximum Gasteiger partial charge on any atom is 0.228 e. The van der Waals surface area contributed by atoms with E-state index >= 15 is 0 Å². The lowest BCUT2D eigenvalue weighted by atomic mass is 11.2. The van der Waals surface area contributed by atoms with Crippen LogP contribution in [0.1, 0.15) is 0 Å². The highest BCUT2D eigenvalue weighted by Crippen LogP contribution is 1.85. The molecule has 1 unspecified atom stereocenters. The van der Waals surface area contributed by atoms with E-state index < -0.39 is 18.1 Å². The van der Waals surface area contributed by atoms with Gasteiger partial charge in [-0.2, -0.15) is 0 Å². The SMILES string of the molecule is C[SiH](O)C=CO[SiH](C)C. The number of rotatable bonds is 3. The van der Waals surface area contributed by atoms with E-state index in [0.29, 0.717) is 0 Å². The molecule has 0 aromatic carbocycles. The highest BCUT2D eigenvalue weighted by atomic mass is 28.3. The molecule has 0 heterocycles. The van der Waals surface area contributed by atoms with E-state index in [0.717, 1.165) is 0 Å². The third kappa shape index (κ3) is 7.93. The molecule has 0 aliphatic heterocycles. The van der Waals surface area contributed by atoms with E-state index in [1.54, 1.807) is 12.0 Å². The second kappa shape index (κ2) is 4.78. The molecule has 0 spiro atoms. The minimum Gasteiger partial charge on any atom is -0.553 e. The second-order valence-corrected chi connectivity index (χ2v) is 6.49. The Morgan fingerprint density at radius 3 is 2.22 bits per heavy atom. The third-order valence-corrected chi connectivity index (χ3v) is 2.12. The summed E-state index contributed by atoms with van der Waals surface area (Å²) < 4.78 is 5.19. The Morgan fingerprint density at radius 1 is 1.33 bits per heavy atom. The Balaban J connectivity index is 3.25. The lowest BCUT2D eigenvalue weighted by Crippen LogP contribution is -2.04. The minimum atomic E-state index is -1.51. The van der Waals surface area contributed by atoms with Gasteiger partial charge in [-0.1, -0.05) is 0 Å². The largest absolute Gasteiger partial charge is 0.553 e. The summed E-state index contributed by atoms with van der Waals surface area (Å²) in [5.41, 5.74) is 1.77. The van der Waals surface area contributed by atoms with Gasteiger partial charge in [-0.25, -0.2) is 0 Å². The molecule has 0 aliphatic carbocycles. The number of hydrogen-bond donors (Lipinski definition) is 1. The van der Waals surface area contributed by atoms with Crippen LogP contribution < -0.4 is 0 Å². The normalized spacial score (nSPS) is 14.8. The smallest absolute Gasteiger partial charge is 0.228 e. The molecule has 9 heavy (non-hydrogen) atoms. The van der Waals surface area contributed by atoms with Gasteiger partial charge in [0, 0.05) is 0 Å². The molecule has 0 radical (unpaired) electrons. The fraction of sp³-hybridized carbons (Fsp3) is 0.600. The molecule has 0 aromatic heterocycles. The van der Waals surface area contributed by atoms with Gasteiger partial charge in [0.1, 0.15) is 0 Å². The minimum absolute atomic E-state index is 0.905. The van der Waals surface area contributed by atoms with Crippen LogP contribution in [0.25, 0.3) is 0 Å². The van der Waals surface area contributed by atoms with Crippen LogP contribution in [0.15, 0.2) is 12.0 Å². The lowest BCUT2D eigenvalue weighted by molar-refractivity contribution is 0.499. The summed E-state index contributed by atoms with van der Waals surface area (Å²) in [6, 6.07) is 0. The average Bonchev–Trinajstić information content (AvgIpc) is 1.63. The maximum absolute atomic E-state index is 8.85. The molecular formula is C5H14O2Si2. The summed E-state index contributed by atoms with van der Waals surface area (Å²) in [7, 11) is -2.42. The van der Waals surface area contributed by atoms with Crippen molar-refractivity contribution in [2.24, 2.45) is 0 Å². The first-order chi connectivity index (χ1) is 4.13. The van der Waals surface area contributed by atoms with Crippen molar-refractivity contribution in [1.29, 1.82) is 0 Å². The van der Waals surface area contributed by atoms with E-state index in [9.17, 15) is 0 Å². The molecule has 0 amide bonds. The average molecular weight is 162 g/mol. The highest BCUT2D eigenvalue weighted by Gasteiger charge is 1.91. The fourth-order valence-electron chi connectivity index (χ4n) is 0.316. The summed E-state index contributed by atoms with van der Waals surface area (Å²) in [5.74, 6) is 0. The molecule has 54 valence electrons. The zero-order valence-corrected chi connectivity index (χ0v) is 8.47. The van der Waals surface area contributed by atoms with Gasteiger partial charge in [0.15, 0.2) is 9.04 Å². The maximum atomic E-state index is 8.85. The summed E-state index contributed by atoms with van der Waals surface area (Å²) in [6.45, 7) is 6.02. The molecule has 4 heteroatoms. The Bertz CT molecular complexity index is 91.0. The molecule has 0 saturated carbocycles. The zero-order chi connectivity index (χ0) is 7.28. The fourth-order valence-corrected chi connectivity index (χ4v) is 1.22. The Kier molecular flexibility index (Phi) is 4.74. The van der Waals surface area contributed by atoms with Crippen LogP contribution in [0.2, 0.25) is 19.6 Å². The standard InChI is InChI=1S/C5H14O2Si2/c1-8(2)7-4-5-9(3)6/h4-6,8-9H,1-3H3. The topological polar surface area (TPSA) is 29.5 Å². The van der Waals surface area contributed by atoms with Crippen molar-refractivity contribution in [3.8, 4) is 0 Å². The molecule has 0 aromatic rings. The van der Waals surface area contributed by atoms with E-state index in [-0.39, 0.29) is 0 Å². The first kappa shape index (κ1) is 8.93. The lowest BCUT2D eigenvalue weighted by Gasteiger charge is -2.01. The molecule has 1 N–H and O–H groups in total. The van der Waals surface area contributed by atoms with Crippen molar-refractivity contribution in [2.75, 3.05) is 0 Å². The summed E-state index contributed by atoms with van der Waals surface area (Å²) in [6.07, 6.45) is 1.65. The van der Waals surface area contributed by atoms with Crippen LogP contribution in [0.5, 0.6) is 0 Å². The van der Waals surface area contributed by atoms with Crippen molar-refractivity contribution < 1.29 is 9.22 Å². The summed E-state index contributed by atoms with van der Waals surface area (Å²) >= 11 is 0. The van der Waals surface area contributed by atoms with Crippen LogP contribution in [0, 0.1) is 0 Å². The van der Waals surface area contributed by atoms with Crippen molar-refractivity contribution in [3.05, 3.63) is 12.0 Å². The van der Waals surface area contributed by atoms with Crippen LogP contribution >= 0.6 is 0 Å². The van der Waals surface area contributed by atoms with Gasteiger partial charge in [-0.15, -0.1) is 0 Å². The summed E-state index contributed by atoms with van der Waals surface area (Å²) in [4.78, 5) is 8.85. The monoisotopic (exact) mass is 162 g/mol. The predicted octanol–water partition coefficient (Wildman–Crippen LogP) is 0.385. The molecule has 1 atom stereocenters. The van der Waals surface area contributed by atoms with Gasteiger partial charge in [-0.3, -0.25) is 0 Å². The Morgan fingerprint density at radius 2 is 1.89 bits per heavy atom. The van der Waals surface area contributed by atoms with Crippen LogP contribution in [-0.2, 0) is 4.43 Å². The van der Waals surface area contributed by atoms with E-state index in [2.05, 4.69) is 13.1 Å². The van der Waals surface area contributed by atoms with Crippen LogP contribution in [0.3, 0.4) is 0 Å². The van der Waals surface area contributed by atoms with Gasteiger partial charge < -0.3 is 9.22 Å². The molecule has 0 rings (SSSR count). The second-order valence-electron chi connectivity index (χ2n) is 2.25. The molecular weight excluding hydrogens is 148 g/mol. The van der Waals surface area contributed by atoms with Crippen molar-refractivity contribution in [1.82, 2.24) is 0 Å². The van der Waals surface area contributed by atoms with Gasteiger partial charge in [0.2, 0.25) is 9.04 Å². The number of hydrogen-bond acceptors (Lipinski definition) is 2.